The smallest absolute Gasteiger partial charge is 0.255 e. The largest absolute Gasteiger partial charge is 0.506 e. The fraction of sp³-hybridized carbons (Fsp3) is 0.200. The van der Waals surface area contributed by atoms with Crippen LogP contribution in [0.1, 0.15) is 23.7 Å². The predicted octanol–water partition coefficient (Wildman–Crippen LogP) is 6.52. The molecule has 0 heterocycles. The molecule has 2 amide bonds. The van der Waals surface area contributed by atoms with E-state index in [4.69, 9.17) is 46.4 Å². The topological polar surface area (TPSA) is 116 Å². The summed E-state index contributed by atoms with van der Waals surface area (Å²) in [6, 6.07) is 10.6. The number of rotatable bonds is 8. The average Bonchev–Trinajstić information content (AvgIpc) is 2.82. The highest BCUT2D eigenvalue weighted by molar-refractivity contribution is 7.92. The maximum atomic E-state index is 13.0. The van der Waals surface area contributed by atoms with Gasteiger partial charge in [0, 0.05) is 30.7 Å². The number of nitrogens with zero attached hydrogens (tertiary/aromatic N) is 1. The number of phenolic OH excluding ortho intramolecular Hbond substituents is 1. The number of carbonyl (C=O) groups excluding carboxylic acids is 2. The third-order valence-corrected chi connectivity index (χ3v) is 8.86. The Hall–Kier alpha value is -2.69. The summed E-state index contributed by atoms with van der Waals surface area (Å²) in [5.74, 6) is -1.89. The van der Waals surface area contributed by atoms with Crippen LogP contribution in [0.2, 0.25) is 20.1 Å². The number of aromatic hydroxyl groups is 1. The number of nitrogens with one attached hydrogen (secondary N) is 2. The van der Waals surface area contributed by atoms with Crippen LogP contribution in [0.3, 0.4) is 0 Å². The number of halogens is 4. The first-order valence-electron chi connectivity index (χ1n) is 11.1. The van der Waals surface area contributed by atoms with E-state index in [2.05, 4.69) is 10.6 Å². The number of anilines is 3. The van der Waals surface area contributed by atoms with Crippen molar-refractivity contribution in [2.45, 2.75) is 23.5 Å². The minimum absolute atomic E-state index is 0.0216. The fourth-order valence-electron chi connectivity index (χ4n) is 3.62. The number of carbonyl (C=O) groups is 2. The lowest BCUT2D eigenvalue weighted by Gasteiger charge is -2.18. The molecule has 0 saturated carbocycles. The minimum Gasteiger partial charge on any atom is -0.506 e. The van der Waals surface area contributed by atoms with Crippen LogP contribution in [0.5, 0.6) is 5.75 Å². The highest BCUT2D eigenvalue weighted by Crippen LogP contribution is 2.36. The summed E-state index contributed by atoms with van der Waals surface area (Å²) in [6.45, 7) is 1.55. The van der Waals surface area contributed by atoms with E-state index in [-0.39, 0.29) is 43.3 Å². The first-order chi connectivity index (χ1) is 17.8. The zero-order valence-corrected chi connectivity index (χ0v) is 24.2. The van der Waals surface area contributed by atoms with Crippen molar-refractivity contribution in [3.05, 3.63) is 74.2 Å². The van der Waals surface area contributed by atoms with Gasteiger partial charge in [-0.15, -0.1) is 0 Å². The van der Waals surface area contributed by atoms with Gasteiger partial charge in [0.25, 0.3) is 5.91 Å². The van der Waals surface area contributed by atoms with Crippen molar-refractivity contribution in [2.24, 2.45) is 0 Å². The van der Waals surface area contributed by atoms with Crippen LogP contribution in [-0.2, 0) is 14.6 Å². The zero-order valence-electron chi connectivity index (χ0n) is 20.4. The van der Waals surface area contributed by atoms with Gasteiger partial charge in [-0.3, -0.25) is 9.59 Å². The summed E-state index contributed by atoms with van der Waals surface area (Å²) >= 11 is 24.6. The van der Waals surface area contributed by atoms with E-state index in [0.717, 1.165) is 6.07 Å². The SMILES string of the molecule is CCC(C(=O)Nc1cc(O)c(NC(=O)c2cc(Cl)c(N(C)C)c(Cl)c2)cc1Cl)S(=O)(=O)c1ccc(Cl)cc1. The molecule has 0 spiro atoms. The Morgan fingerprint density at radius 3 is 2.00 bits per heavy atom. The second kappa shape index (κ2) is 12.0. The molecule has 0 bridgehead atoms. The molecule has 3 aromatic rings. The van der Waals surface area contributed by atoms with Gasteiger partial charge in [-0.25, -0.2) is 8.42 Å². The highest BCUT2D eigenvalue weighted by Gasteiger charge is 2.33. The van der Waals surface area contributed by atoms with E-state index >= 15 is 0 Å². The summed E-state index contributed by atoms with van der Waals surface area (Å²) < 4.78 is 26.0. The molecule has 0 saturated heterocycles. The van der Waals surface area contributed by atoms with Gasteiger partial charge in [0.05, 0.1) is 37.0 Å². The van der Waals surface area contributed by atoms with Crippen molar-refractivity contribution in [3.63, 3.8) is 0 Å². The molecule has 0 aliphatic rings. The van der Waals surface area contributed by atoms with Crippen molar-refractivity contribution in [3.8, 4) is 5.75 Å². The van der Waals surface area contributed by atoms with Crippen LogP contribution >= 0.6 is 46.4 Å². The summed E-state index contributed by atoms with van der Waals surface area (Å²) in [4.78, 5) is 27.3. The molecular formula is C25H23Cl4N3O5S. The van der Waals surface area contributed by atoms with E-state index in [0.29, 0.717) is 10.7 Å². The minimum atomic E-state index is -4.04. The first kappa shape index (κ1) is 29.9. The predicted molar refractivity (Wildman–Crippen MR) is 153 cm³/mol. The molecule has 3 N–H and O–H groups in total. The van der Waals surface area contributed by atoms with Gasteiger partial charge in [0.15, 0.2) is 9.84 Å². The van der Waals surface area contributed by atoms with Crippen molar-refractivity contribution in [1.29, 1.82) is 0 Å². The molecule has 1 unspecified atom stereocenters. The molecule has 0 aliphatic carbocycles. The quantitative estimate of drug-likeness (QED) is 0.248. The second-order valence-electron chi connectivity index (χ2n) is 8.37. The zero-order chi connectivity index (χ0) is 28.4. The van der Waals surface area contributed by atoms with Gasteiger partial charge in [0.1, 0.15) is 11.0 Å². The molecule has 0 fully saturated rings. The van der Waals surface area contributed by atoms with Crippen LogP contribution in [0.25, 0.3) is 0 Å². The maximum Gasteiger partial charge on any atom is 0.255 e. The van der Waals surface area contributed by atoms with Crippen LogP contribution in [0, 0.1) is 0 Å². The van der Waals surface area contributed by atoms with Gasteiger partial charge < -0.3 is 20.6 Å². The third-order valence-electron chi connectivity index (χ3n) is 5.50. The van der Waals surface area contributed by atoms with Gasteiger partial charge in [-0.2, -0.15) is 0 Å². The van der Waals surface area contributed by atoms with E-state index in [1.807, 2.05) is 0 Å². The number of phenols is 1. The average molecular weight is 619 g/mol. The molecule has 0 aliphatic heterocycles. The van der Waals surface area contributed by atoms with Gasteiger partial charge in [0.2, 0.25) is 5.91 Å². The Labute approximate surface area is 240 Å². The van der Waals surface area contributed by atoms with Crippen LogP contribution < -0.4 is 15.5 Å². The molecule has 3 aromatic carbocycles. The van der Waals surface area contributed by atoms with E-state index < -0.39 is 32.7 Å². The molecule has 3 rings (SSSR count). The van der Waals surface area contributed by atoms with Crippen molar-refractivity contribution >= 4 is 85.1 Å². The van der Waals surface area contributed by atoms with Crippen LogP contribution in [0.15, 0.2) is 53.4 Å². The Kier molecular flexibility index (Phi) is 9.43. The molecule has 13 heteroatoms. The molecule has 38 heavy (non-hydrogen) atoms. The Morgan fingerprint density at radius 1 is 0.895 bits per heavy atom. The standard InChI is InChI=1S/C25H23Cl4N3O5S/c1-4-22(38(36,37)15-7-5-14(26)6-8-15)25(35)30-19-12-21(33)20(11-16(19)27)31-24(34)13-9-17(28)23(32(2)3)18(29)10-13/h5-12,22,33H,4H2,1-3H3,(H,30,35)(H,31,34). The van der Waals surface area contributed by atoms with Gasteiger partial charge in [-0.05, 0) is 48.9 Å². The number of hydrogen-bond donors (Lipinski definition) is 3. The highest BCUT2D eigenvalue weighted by atomic mass is 35.5. The lowest BCUT2D eigenvalue weighted by molar-refractivity contribution is -0.115. The van der Waals surface area contributed by atoms with Gasteiger partial charge >= 0.3 is 0 Å². The van der Waals surface area contributed by atoms with Crippen LogP contribution in [0.4, 0.5) is 17.1 Å². The van der Waals surface area contributed by atoms with E-state index in [1.54, 1.807) is 25.9 Å². The van der Waals surface area contributed by atoms with Crippen LogP contribution in [-0.4, -0.2) is 44.7 Å². The van der Waals surface area contributed by atoms with E-state index in [9.17, 15) is 23.1 Å². The summed E-state index contributed by atoms with van der Waals surface area (Å²) in [5.41, 5.74) is 0.581. The number of sulfone groups is 1. The molecular weight excluding hydrogens is 596 g/mol. The molecule has 0 radical (unpaired) electrons. The Balaban J connectivity index is 1.82. The molecule has 202 valence electrons. The summed E-state index contributed by atoms with van der Waals surface area (Å²) in [7, 11) is -0.532. The normalized spacial score (nSPS) is 12.1. The Bertz CT molecular complexity index is 1470. The van der Waals surface area contributed by atoms with E-state index in [1.165, 1.54) is 42.5 Å². The monoisotopic (exact) mass is 617 g/mol. The molecule has 0 aromatic heterocycles. The van der Waals surface area contributed by atoms with Crippen molar-refractivity contribution in [1.82, 2.24) is 0 Å². The third kappa shape index (κ3) is 6.47. The number of amides is 2. The first-order valence-corrected chi connectivity index (χ1v) is 14.1. The lowest BCUT2D eigenvalue weighted by Crippen LogP contribution is -2.34. The van der Waals surface area contributed by atoms with Gasteiger partial charge in [-0.1, -0.05) is 53.3 Å². The Morgan fingerprint density at radius 2 is 1.47 bits per heavy atom. The lowest BCUT2D eigenvalue weighted by atomic mass is 10.1. The van der Waals surface area contributed by atoms with Crippen molar-refractivity contribution < 1.29 is 23.1 Å². The number of benzene rings is 3. The van der Waals surface area contributed by atoms with Crippen molar-refractivity contribution in [2.75, 3.05) is 29.6 Å². The fourth-order valence-corrected chi connectivity index (χ4v) is 6.41. The maximum absolute atomic E-state index is 13.0. The molecule has 1 atom stereocenters. The summed E-state index contributed by atoms with van der Waals surface area (Å²) in [5, 5.41) is 14.8. The second-order valence-corrected chi connectivity index (χ2v) is 12.2. The molecule has 8 nitrogen and oxygen atoms in total. The summed E-state index contributed by atoms with van der Waals surface area (Å²) in [6.07, 6.45) is -0.0216. The number of hydrogen-bond acceptors (Lipinski definition) is 6.